The minimum absolute atomic E-state index is 0.0548. The Morgan fingerprint density at radius 3 is 2.73 bits per heavy atom. The van der Waals surface area contributed by atoms with Gasteiger partial charge in [0.25, 0.3) is 0 Å². The van der Waals surface area contributed by atoms with Gasteiger partial charge in [0.05, 0.1) is 52.1 Å². The van der Waals surface area contributed by atoms with Gasteiger partial charge in [0.2, 0.25) is 5.91 Å². The third-order valence-corrected chi connectivity index (χ3v) is 12.3. The number of carbonyl (C=O) groups is 1. The molecule has 6 heterocycles. The Kier molecular flexibility index (Phi) is 8.11. The van der Waals surface area contributed by atoms with Gasteiger partial charge in [0, 0.05) is 84.4 Å². The number of aryl methyl sites for hydroxylation is 3. The third-order valence-electron chi connectivity index (χ3n) is 11.5. The molecule has 1 N–H and O–H groups in total. The van der Waals surface area contributed by atoms with Crippen LogP contribution < -0.4 is 5.32 Å². The van der Waals surface area contributed by atoms with E-state index in [1.807, 2.05) is 37.2 Å². The molecule has 1 amide bonds. The highest BCUT2D eigenvalue weighted by molar-refractivity contribution is 6.43. The molecule has 0 radical (unpaired) electrons. The van der Waals surface area contributed by atoms with Gasteiger partial charge in [-0.2, -0.15) is 10.4 Å². The highest BCUT2D eigenvalue weighted by Gasteiger charge is 2.51. The predicted molar refractivity (Wildman–Crippen MR) is 194 cm³/mol. The van der Waals surface area contributed by atoms with Gasteiger partial charge in [0.15, 0.2) is 5.82 Å². The van der Waals surface area contributed by atoms with Crippen molar-refractivity contribution in [2.24, 2.45) is 18.9 Å². The molecule has 3 aromatic heterocycles. The van der Waals surface area contributed by atoms with Crippen LogP contribution in [0.4, 0.5) is 4.39 Å². The summed E-state index contributed by atoms with van der Waals surface area (Å²) in [6.07, 6.45) is 5.86. The van der Waals surface area contributed by atoms with Crippen molar-refractivity contribution in [3.05, 3.63) is 81.1 Å². The van der Waals surface area contributed by atoms with Gasteiger partial charge in [-0.25, -0.2) is 9.37 Å². The summed E-state index contributed by atoms with van der Waals surface area (Å²) in [5.74, 6) is 0.181. The molecule has 10 rings (SSSR count). The number of rotatable bonds is 9. The molecule has 5 atom stereocenters. The van der Waals surface area contributed by atoms with Crippen LogP contribution in [0.3, 0.4) is 0 Å². The number of nitriles is 1. The number of hydrogen-bond acceptors (Lipinski definition) is 6. The van der Waals surface area contributed by atoms with E-state index in [-0.39, 0.29) is 53.0 Å². The number of likely N-dealkylation sites (tertiary alicyclic amines) is 1. The predicted octanol–water partition coefficient (Wildman–Crippen LogP) is 7.60. The van der Waals surface area contributed by atoms with E-state index in [2.05, 4.69) is 27.1 Å². The Morgan fingerprint density at radius 2 is 2.02 bits per heavy atom. The Hall–Kier alpha value is -4.01. The fourth-order valence-corrected chi connectivity index (χ4v) is 9.24. The Morgan fingerprint density at radius 1 is 1.18 bits per heavy atom. The number of nitrogens with one attached hydrogen (secondary N) is 1. The molecule has 3 saturated heterocycles. The van der Waals surface area contributed by atoms with Crippen LogP contribution in [0.15, 0.2) is 42.6 Å². The maximum atomic E-state index is 17.2. The van der Waals surface area contributed by atoms with Crippen molar-refractivity contribution < 1.29 is 13.9 Å². The van der Waals surface area contributed by atoms with Gasteiger partial charge in [-0.3, -0.25) is 9.48 Å². The molecule has 12 heteroatoms. The lowest BCUT2D eigenvalue weighted by Gasteiger charge is -2.39. The monoisotopic (exact) mass is 725 g/mol. The number of aromatic nitrogens is 4. The summed E-state index contributed by atoms with van der Waals surface area (Å²) in [5, 5.41) is 20.0. The van der Waals surface area contributed by atoms with Crippen LogP contribution in [0.1, 0.15) is 66.8 Å². The zero-order chi connectivity index (χ0) is 35.1. The summed E-state index contributed by atoms with van der Waals surface area (Å²) in [4.78, 5) is 20.9. The normalized spacial score (nSPS) is 24.1. The van der Waals surface area contributed by atoms with Crippen molar-refractivity contribution in [3.8, 4) is 17.2 Å². The lowest BCUT2D eigenvalue weighted by atomic mass is 9.79. The number of pyridine rings is 1. The minimum atomic E-state index is -0.479. The summed E-state index contributed by atoms with van der Waals surface area (Å²) in [6, 6.07) is 13.8. The fraction of sp³-hybridized carbons (Fsp3) is 0.436. The number of benzene rings is 2. The highest BCUT2D eigenvalue weighted by Crippen LogP contribution is 2.51. The van der Waals surface area contributed by atoms with Crippen molar-refractivity contribution in [1.29, 1.82) is 5.26 Å². The number of halogens is 3. The van der Waals surface area contributed by atoms with Crippen LogP contribution >= 0.6 is 23.2 Å². The summed E-state index contributed by atoms with van der Waals surface area (Å²) in [7, 11) is 1.89. The molecule has 2 aromatic carbocycles. The summed E-state index contributed by atoms with van der Waals surface area (Å²) < 4.78 is 27.8. The van der Waals surface area contributed by atoms with Gasteiger partial charge < -0.3 is 19.5 Å². The highest BCUT2D eigenvalue weighted by atomic mass is 35.5. The number of nitrogens with zero attached hydrogens (tertiary/aromatic N) is 6. The van der Waals surface area contributed by atoms with Crippen LogP contribution in [0.5, 0.6) is 0 Å². The molecule has 5 aliphatic rings. The fourth-order valence-electron chi connectivity index (χ4n) is 8.85. The van der Waals surface area contributed by atoms with Gasteiger partial charge in [-0.05, 0) is 68.4 Å². The summed E-state index contributed by atoms with van der Waals surface area (Å²) >= 11 is 13.1. The second kappa shape index (κ2) is 12.6. The van der Waals surface area contributed by atoms with E-state index in [1.54, 1.807) is 22.9 Å². The standard InChI is InChI=1S/C39H38Cl2FN7O2/c1-20-27-16-32(31-15-25(18-48(31)39(50)21-8-9-21)51-19-24-10-12-47(2)46-24)49(37-23-14-30(37)44-17-23)38(27)28-13-22(5-4-11-43)33(35(42)36(28)45-20)26-6-3-7-29(40)34(26)41/h3,6-7,10,12-13,16,21,23,25,30-31,37,44H,4-5,8-9,14-15,17-19H2,1-2H3/t23-,25+,30-,31-,37+/m1/s1. The number of amides is 1. The number of carbonyl (C=O) groups excluding carboxylic acids is 1. The van der Waals surface area contributed by atoms with Crippen molar-refractivity contribution in [1.82, 2.24) is 29.5 Å². The van der Waals surface area contributed by atoms with Gasteiger partial charge in [-0.1, -0.05) is 35.3 Å². The van der Waals surface area contributed by atoms with Crippen LogP contribution in [0.2, 0.25) is 10.0 Å². The molecule has 5 aromatic rings. The van der Waals surface area contributed by atoms with Gasteiger partial charge in [0.1, 0.15) is 5.52 Å². The van der Waals surface area contributed by atoms with Crippen molar-refractivity contribution >= 4 is 50.9 Å². The Labute approximate surface area is 305 Å². The van der Waals surface area contributed by atoms with E-state index in [0.717, 1.165) is 48.1 Å². The smallest absolute Gasteiger partial charge is 0.226 e. The topological polar surface area (TPSA) is 101 Å². The molecule has 3 aliphatic heterocycles. The zero-order valence-electron chi connectivity index (χ0n) is 28.5. The lowest BCUT2D eigenvalue weighted by molar-refractivity contribution is -0.134. The van der Waals surface area contributed by atoms with Crippen LogP contribution in [-0.4, -0.2) is 55.4 Å². The van der Waals surface area contributed by atoms with E-state index in [1.165, 1.54) is 0 Å². The quantitative estimate of drug-likeness (QED) is 0.168. The zero-order valence-corrected chi connectivity index (χ0v) is 30.0. The second-order valence-corrected chi connectivity index (χ2v) is 15.5. The largest absolute Gasteiger partial charge is 0.370 e. The first-order valence-corrected chi connectivity index (χ1v) is 18.6. The minimum Gasteiger partial charge on any atom is -0.370 e. The number of hydrogen-bond donors (Lipinski definition) is 1. The molecule has 2 bridgehead atoms. The van der Waals surface area contributed by atoms with Gasteiger partial charge >= 0.3 is 0 Å². The molecule has 51 heavy (non-hydrogen) atoms. The van der Waals surface area contributed by atoms with E-state index in [4.69, 9.17) is 32.9 Å². The second-order valence-electron chi connectivity index (χ2n) is 14.7. The summed E-state index contributed by atoms with van der Waals surface area (Å²) in [5.41, 5.74) is 5.27. The van der Waals surface area contributed by atoms with Crippen molar-refractivity contribution in [3.63, 3.8) is 0 Å². The van der Waals surface area contributed by atoms with E-state index >= 15 is 4.39 Å². The Balaban J connectivity index is 1.23. The van der Waals surface area contributed by atoms with Crippen molar-refractivity contribution in [2.75, 3.05) is 13.1 Å². The van der Waals surface area contributed by atoms with E-state index in [0.29, 0.717) is 64.7 Å². The Bertz CT molecular complexity index is 2260. The van der Waals surface area contributed by atoms with Crippen LogP contribution in [0, 0.1) is 35.9 Å². The lowest BCUT2D eigenvalue weighted by Crippen LogP contribution is -2.41. The van der Waals surface area contributed by atoms with Crippen molar-refractivity contribution in [2.45, 2.75) is 76.3 Å². The van der Waals surface area contributed by atoms with E-state index in [9.17, 15) is 10.1 Å². The average molecular weight is 727 g/mol. The first kappa shape index (κ1) is 32.9. The SMILES string of the molecule is Cc1nc2c(F)c(-c3cccc(Cl)c3Cl)c(CCC#N)cc2c2c1cc([C@H]1C[C@H](OCc3ccn(C)n3)CN1C(=O)C1CC1)n2[C@H]1[C@H]2CN[C@@H]1C2. The average Bonchev–Trinajstić information content (AvgIpc) is 3.55. The van der Waals surface area contributed by atoms with Crippen LogP contribution in [-0.2, 0) is 29.6 Å². The molecule has 2 aliphatic carbocycles. The molecule has 0 unspecified atom stereocenters. The molecule has 2 saturated carbocycles. The number of fused-ring (bicyclic) bond motifs is 4. The molecule has 0 spiro atoms. The first-order valence-electron chi connectivity index (χ1n) is 17.8. The van der Waals surface area contributed by atoms with E-state index < -0.39 is 5.82 Å². The first-order chi connectivity index (χ1) is 24.7. The van der Waals surface area contributed by atoms with Gasteiger partial charge in [-0.15, -0.1) is 0 Å². The molecule has 5 fully saturated rings. The maximum absolute atomic E-state index is 17.2. The molecular formula is C39H38Cl2FN7O2. The third kappa shape index (κ3) is 5.43. The summed E-state index contributed by atoms with van der Waals surface area (Å²) in [6.45, 7) is 3.74. The molecular weight excluding hydrogens is 688 g/mol. The van der Waals surface area contributed by atoms with Crippen LogP contribution in [0.25, 0.3) is 32.9 Å². The maximum Gasteiger partial charge on any atom is 0.226 e. The molecule has 262 valence electrons. The number of ether oxygens (including phenoxy) is 1. The molecule has 9 nitrogen and oxygen atoms in total.